The molecule has 0 fully saturated rings. The molecule has 8 nitrogen and oxygen atoms in total. The van der Waals surface area contributed by atoms with E-state index in [2.05, 4.69) is 25.5 Å². The molecule has 0 aliphatic rings. The highest BCUT2D eigenvalue weighted by molar-refractivity contribution is 7.11. The summed E-state index contributed by atoms with van der Waals surface area (Å²) in [5.74, 6) is -0.282. The highest BCUT2D eigenvalue weighted by Crippen LogP contribution is 2.25. The maximum atomic E-state index is 12.0. The highest BCUT2D eigenvalue weighted by Gasteiger charge is 2.16. The molecule has 27 heavy (non-hydrogen) atoms. The van der Waals surface area contributed by atoms with Crippen molar-refractivity contribution in [3.63, 3.8) is 0 Å². The molecule has 1 heterocycles. The average Bonchev–Trinajstić information content (AvgIpc) is 2.99. The number of nitrogens with zero attached hydrogens (tertiary/aromatic N) is 2. The summed E-state index contributed by atoms with van der Waals surface area (Å²) >= 11 is 1.13. The zero-order valence-corrected chi connectivity index (χ0v) is 16.6. The van der Waals surface area contributed by atoms with E-state index in [9.17, 15) is 9.59 Å². The summed E-state index contributed by atoms with van der Waals surface area (Å²) in [4.78, 5) is 23.6. The van der Waals surface area contributed by atoms with Gasteiger partial charge in [-0.2, -0.15) is 9.47 Å². The predicted octanol–water partition coefficient (Wildman–Crippen LogP) is 3.28. The molecule has 0 saturated heterocycles. The summed E-state index contributed by atoms with van der Waals surface area (Å²) in [5, 5.41) is 10.3. The van der Waals surface area contributed by atoms with E-state index in [1.165, 1.54) is 0 Å². The van der Waals surface area contributed by atoms with Crippen LogP contribution < -0.4 is 16.1 Å². The first-order valence-electron chi connectivity index (χ1n) is 8.44. The fraction of sp³-hybridized carbons (Fsp3) is 0.333. The number of aromatic nitrogens is 1. The van der Waals surface area contributed by atoms with Gasteiger partial charge in [-0.1, -0.05) is 17.7 Å². The number of hydrogen-bond donors (Lipinski definition) is 3. The summed E-state index contributed by atoms with van der Waals surface area (Å²) in [6.07, 6.45) is -0.554. The molecule has 144 valence electrons. The summed E-state index contributed by atoms with van der Waals surface area (Å²) in [6.45, 7) is 7.64. The van der Waals surface area contributed by atoms with E-state index in [1.54, 1.807) is 13.8 Å². The molecule has 0 aliphatic heterocycles. The average molecular weight is 389 g/mol. The minimum atomic E-state index is -0.554. The van der Waals surface area contributed by atoms with E-state index < -0.39 is 6.09 Å². The van der Waals surface area contributed by atoms with Crippen molar-refractivity contribution < 1.29 is 14.3 Å². The van der Waals surface area contributed by atoms with Crippen LogP contribution in [-0.4, -0.2) is 35.2 Å². The van der Waals surface area contributed by atoms with Crippen LogP contribution >= 0.6 is 11.5 Å². The van der Waals surface area contributed by atoms with Crippen LogP contribution in [0.15, 0.2) is 29.4 Å². The van der Waals surface area contributed by atoms with Gasteiger partial charge in [0.05, 0.1) is 30.1 Å². The molecular formula is C18H23N5O3S. The lowest BCUT2D eigenvalue weighted by atomic mass is 10.2. The second kappa shape index (κ2) is 9.67. The Morgan fingerprint density at radius 2 is 1.93 bits per heavy atom. The van der Waals surface area contributed by atoms with Crippen molar-refractivity contribution in [1.82, 2.24) is 9.80 Å². The second-order valence-electron chi connectivity index (χ2n) is 5.77. The topological polar surface area (TPSA) is 105 Å². The molecule has 0 saturated carbocycles. The quantitative estimate of drug-likeness (QED) is 0.498. The van der Waals surface area contributed by atoms with Gasteiger partial charge in [0.2, 0.25) is 0 Å². The Kier molecular flexibility index (Phi) is 7.30. The van der Waals surface area contributed by atoms with Crippen LogP contribution in [-0.2, 0) is 9.53 Å². The van der Waals surface area contributed by atoms with E-state index in [0.29, 0.717) is 22.0 Å². The molecule has 3 N–H and O–H groups in total. The van der Waals surface area contributed by atoms with Crippen molar-refractivity contribution in [3.05, 3.63) is 41.1 Å². The number of amides is 2. The Balaban J connectivity index is 1.96. The van der Waals surface area contributed by atoms with Gasteiger partial charge in [0, 0.05) is 5.69 Å². The van der Waals surface area contributed by atoms with Crippen LogP contribution in [0.1, 0.15) is 30.7 Å². The van der Waals surface area contributed by atoms with Gasteiger partial charge in [-0.15, -0.1) is 0 Å². The van der Waals surface area contributed by atoms with Crippen molar-refractivity contribution in [2.24, 2.45) is 5.10 Å². The molecular weight excluding hydrogens is 366 g/mol. The highest BCUT2D eigenvalue weighted by atomic mass is 32.1. The fourth-order valence-corrected chi connectivity index (χ4v) is 3.07. The zero-order chi connectivity index (χ0) is 19.8. The third kappa shape index (κ3) is 6.07. The summed E-state index contributed by atoms with van der Waals surface area (Å²) in [7, 11) is 0. The van der Waals surface area contributed by atoms with E-state index in [-0.39, 0.29) is 19.1 Å². The minimum Gasteiger partial charge on any atom is -0.450 e. The number of anilines is 2. The van der Waals surface area contributed by atoms with Gasteiger partial charge >= 0.3 is 6.09 Å². The molecule has 0 radical (unpaired) electrons. The van der Waals surface area contributed by atoms with Crippen LogP contribution in [0.25, 0.3) is 0 Å². The standard InChI is InChI=1S/C18H23N5O3S/c1-5-26-18(25)20-17-16(13(4)23-27-17)12(3)21-22-15(24)10-19-14-8-6-11(2)7-9-14/h6-9,19H,5,10H2,1-4H3,(H,20,25)(H,22,24)/b21-12+. The van der Waals surface area contributed by atoms with Gasteiger partial charge < -0.3 is 10.1 Å². The van der Waals surface area contributed by atoms with Crippen LogP contribution in [0.3, 0.4) is 0 Å². The van der Waals surface area contributed by atoms with Gasteiger partial charge in [-0.25, -0.2) is 10.2 Å². The molecule has 0 aliphatic carbocycles. The first-order valence-corrected chi connectivity index (χ1v) is 9.22. The number of ether oxygens (including phenoxy) is 1. The minimum absolute atomic E-state index is 0.0919. The van der Waals surface area contributed by atoms with Gasteiger partial charge in [-0.3, -0.25) is 10.1 Å². The zero-order valence-electron chi connectivity index (χ0n) is 15.8. The van der Waals surface area contributed by atoms with Crippen molar-refractivity contribution in [2.75, 3.05) is 23.8 Å². The molecule has 2 amide bonds. The molecule has 0 bridgehead atoms. The first-order chi connectivity index (χ1) is 12.9. The Morgan fingerprint density at radius 3 is 2.59 bits per heavy atom. The Morgan fingerprint density at radius 1 is 1.22 bits per heavy atom. The van der Waals surface area contributed by atoms with Gasteiger partial charge in [0.25, 0.3) is 5.91 Å². The van der Waals surface area contributed by atoms with E-state index >= 15 is 0 Å². The van der Waals surface area contributed by atoms with Crippen molar-refractivity contribution >= 4 is 39.9 Å². The molecule has 0 spiro atoms. The van der Waals surface area contributed by atoms with Gasteiger partial charge in [0.15, 0.2) is 0 Å². The number of hydrazone groups is 1. The Bertz CT molecular complexity index is 830. The Hall–Kier alpha value is -2.94. The third-order valence-corrected chi connectivity index (χ3v) is 4.42. The van der Waals surface area contributed by atoms with Crippen LogP contribution in [0, 0.1) is 13.8 Å². The maximum absolute atomic E-state index is 12.0. The largest absolute Gasteiger partial charge is 0.450 e. The lowest BCUT2D eigenvalue weighted by Crippen LogP contribution is -2.27. The molecule has 0 unspecified atom stereocenters. The van der Waals surface area contributed by atoms with Crippen LogP contribution in [0.4, 0.5) is 15.5 Å². The van der Waals surface area contributed by atoms with E-state index in [4.69, 9.17) is 4.74 Å². The SMILES string of the molecule is CCOC(=O)Nc1snc(C)c1/C(C)=N/NC(=O)CNc1ccc(C)cc1. The number of benzene rings is 1. The maximum Gasteiger partial charge on any atom is 0.412 e. The Labute approximate surface area is 162 Å². The number of carbonyl (C=O) groups is 2. The normalized spacial score (nSPS) is 11.0. The van der Waals surface area contributed by atoms with Gasteiger partial charge in [-0.05, 0) is 51.4 Å². The molecule has 0 atom stereocenters. The molecule has 1 aromatic carbocycles. The first kappa shape index (κ1) is 20.4. The second-order valence-corrected chi connectivity index (χ2v) is 6.54. The summed E-state index contributed by atoms with van der Waals surface area (Å²) in [6, 6.07) is 7.75. The summed E-state index contributed by atoms with van der Waals surface area (Å²) in [5.41, 5.74) is 6.43. The number of rotatable bonds is 7. The summed E-state index contributed by atoms with van der Waals surface area (Å²) < 4.78 is 9.11. The number of hydrogen-bond acceptors (Lipinski definition) is 7. The van der Waals surface area contributed by atoms with E-state index in [0.717, 1.165) is 22.8 Å². The van der Waals surface area contributed by atoms with E-state index in [1.807, 2.05) is 38.1 Å². The molecule has 2 aromatic rings. The molecule has 1 aromatic heterocycles. The van der Waals surface area contributed by atoms with Crippen molar-refractivity contribution in [1.29, 1.82) is 0 Å². The number of aryl methyl sites for hydroxylation is 2. The fourth-order valence-electron chi connectivity index (χ4n) is 2.24. The molecule has 9 heteroatoms. The molecule has 2 rings (SSSR count). The lowest BCUT2D eigenvalue weighted by Gasteiger charge is -2.08. The monoisotopic (exact) mass is 389 g/mol. The van der Waals surface area contributed by atoms with Crippen LogP contribution in [0.5, 0.6) is 0 Å². The van der Waals surface area contributed by atoms with Crippen molar-refractivity contribution in [2.45, 2.75) is 27.7 Å². The number of nitrogens with one attached hydrogen (secondary N) is 3. The van der Waals surface area contributed by atoms with Crippen LogP contribution in [0.2, 0.25) is 0 Å². The third-order valence-electron chi connectivity index (χ3n) is 3.57. The van der Waals surface area contributed by atoms with Gasteiger partial charge in [0.1, 0.15) is 5.00 Å². The number of carbonyl (C=O) groups excluding carboxylic acids is 2. The van der Waals surface area contributed by atoms with Crippen molar-refractivity contribution in [3.8, 4) is 0 Å². The lowest BCUT2D eigenvalue weighted by molar-refractivity contribution is -0.119. The predicted molar refractivity (Wildman–Crippen MR) is 108 cm³/mol. The smallest absolute Gasteiger partial charge is 0.412 e.